The quantitative estimate of drug-likeness (QED) is 0.903. The Kier molecular flexibility index (Phi) is 2.82. The van der Waals surface area contributed by atoms with Gasteiger partial charge in [-0.25, -0.2) is 4.98 Å². The van der Waals surface area contributed by atoms with Crippen molar-refractivity contribution in [3.63, 3.8) is 0 Å². The molecule has 0 aromatic carbocycles. The Balaban J connectivity index is 2.46. The van der Waals surface area contributed by atoms with Gasteiger partial charge in [0, 0.05) is 25.4 Å². The molecular formula is C10H9ClF2N2O. The zero-order valence-electron chi connectivity index (χ0n) is 8.20. The van der Waals surface area contributed by atoms with Crippen LogP contribution in [0.4, 0.5) is 8.78 Å². The highest BCUT2D eigenvalue weighted by Crippen LogP contribution is 2.30. The zero-order valence-corrected chi connectivity index (χ0v) is 8.96. The number of nitrogens with zero attached hydrogens (tertiary/aromatic N) is 2. The van der Waals surface area contributed by atoms with Gasteiger partial charge in [-0.3, -0.25) is 0 Å². The van der Waals surface area contributed by atoms with Gasteiger partial charge in [0.05, 0.1) is 5.02 Å². The van der Waals surface area contributed by atoms with E-state index >= 15 is 0 Å². The summed E-state index contributed by atoms with van der Waals surface area (Å²) < 4.78 is 28.3. The van der Waals surface area contributed by atoms with Crippen LogP contribution in [0.1, 0.15) is 12.1 Å². The standard InChI is InChI=1S/C10H9ClF2N2O/c11-7-1-2-9-14-8(6-15(9)5-7)10(12,13)3-4-16/h1-2,5-6,16H,3-4H2. The van der Waals surface area contributed by atoms with Gasteiger partial charge < -0.3 is 9.51 Å². The number of hydrogen-bond acceptors (Lipinski definition) is 2. The van der Waals surface area contributed by atoms with Gasteiger partial charge in [-0.05, 0) is 12.1 Å². The van der Waals surface area contributed by atoms with Gasteiger partial charge in [-0.1, -0.05) is 11.6 Å². The van der Waals surface area contributed by atoms with Crippen molar-refractivity contribution >= 4 is 17.2 Å². The van der Waals surface area contributed by atoms with Crippen molar-refractivity contribution in [1.29, 1.82) is 0 Å². The Hall–Kier alpha value is -1.20. The topological polar surface area (TPSA) is 37.5 Å². The molecule has 0 aliphatic carbocycles. The molecule has 2 aromatic heterocycles. The van der Waals surface area contributed by atoms with E-state index in [1.807, 2.05) is 0 Å². The van der Waals surface area contributed by atoms with Gasteiger partial charge in [0.25, 0.3) is 5.92 Å². The van der Waals surface area contributed by atoms with Crippen molar-refractivity contribution in [2.24, 2.45) is 0 Å². The fourth-order valence-corrected chi connectivity index (χ4v) is 1.58. The van der Waals surface area contributed by atoms with Gasteiger partial charge in [-0.2, -0.15) is 8.78 Å². The third-order valence-corrected chi connectivity index (χ3v) is 2.44. The van der Waals surface area contributed by atoms with E-state index in [1.54, 1.807) is 12.1 Å². The van der Waals surface area contributed by atoms with Crippen molar-refractivity contribution in [3.8, 4) is 0 Å². The number of alkyl halides is 2. The first-order chi connectivity index (χ1) is 7.53. The molecule has 2 heterocycles. The van der Waals surface area contributed by atoms with Gasteiger partial charge in [0.2, 0.25) is 0 Å². The molecule has 0 saturated heterocycles. The summed E-state index contributed by atoms with van der Waals surface area (Å²) in [5.41, 5.74) is 0.0424. The number of imidazole rings is 1. The van der Waals surface area contributed by atoms with Crippen LogP contribution in [-0.4, -0.2) is 21.1 Å². The fraction of sp³-hybridized carbons (Fsp3) is 0.300. The molecule has 0 atom stereocenters. The first kappa shape index (κ1) is 11.3. The monoisotopic (exact) mass is 246 g/mol. The second-order valence-corrected chi connectivity index (χ2v) is 3.85. The average Bonchev–Trinajstić information content (AvgIpc) is 2.61. The van der Waals surface area contributed by atoms with E-state index in [2.05, 4.69) is 4.98 Å². The molecule has 2 rings (SSSR count). The minimum Gasteiger partial charge on any atom is -0.396 e. The lowest BCUT2D eigenvalue weighted by atomic mass is 10.2. The number of fused-ring (bicyclic) bond motifs is 1. The van der Waals surface area contributed by atoms with Crippen LogP contribution in [-0.2, 0) is 5.92 Å². The molecule has 16 heavy (non-hydrogen) atoms. The average molecular weight is 247 g/mol. The maximum Gasteiger partial charge on any atom is 0.293 e. The minimum absolute atomic E-state index is 0.358. The number of pyridine rings is 1. The Morgan fingerprint density at radius 3 is 2.81 bits per heavy atom. The molecule has 0 amide bonds. The molecule has 0 bridgehead atoms. The minimum atomic E-state index is -3.12. The molecule has 0 aliphatic rings. The Labute approximate surface area is 95.3 Å². The SMILES string of the molecule is OCCC(F)(F)c1cn2cc(Cl)ccc2n1. The molecule has 6 heteroatoms. The number of aromatic nitrogens is 2. The third-order valence-electron chi connectivity index (χ3n) is 2.22. The highest BCUT2D eigenvalue weighted by atomic mass is 35.5. The van der Waals surface area contributed by atoms with E-state index in [-0.39, 0.29) is 5.69 Å². The van der Waals surface area contributed by atoms with E-state index in [0.717, 1.165) is 0 Å². The molecule has 0 unspecified atom stereocenters. The molecule has 2 aromatic rings. The summed E-state index contributed by atoms with van der Waals surface area (Å²) in [7, 11) is 0. The Morgan fingerprint density at radius 2 is 2.12 bits per heavy atom. The smallest absolute Gasteiger partial charge is 0.293 e. The van der Waals surface area contributed by atoms with Crippen molar-refractivity contribution in [2.75, 3.05) is 6.61 Å². The van der Waals surface area contributed by atoms with Crippen LogP contribution in [0.2, 0.25) is 5.02 Å². The number of hydrogen-bond donors (Lipinski definition) is 1. The lowest BCUT2D eigenvalue weighted by Gasteiger charge is -2.10. The van der Waals surface area contributed by atoms with Crippen molar-refractivity contribution in [2.45, 2.75) is 12.3 Å². The predicted molar refractivity (Wildman–Crippen MR) is 55.8 cm³/mol. The summed E-state index contributed by atoms with van der Waals surface area (Å²) in [6.45, 7) is -0.582. The maximum atomic E-state index is 13.4. The molecule has 3 nitrogen and oxygen atoms in total. The molecule has 0 saturated carbocycles. The lowest BCUT2D eigenvalue weighted by molar-refractivity contribution is -0.0305. The summed E-state index contributed by atoms with van der Waals surface area (Å²) in [4.78, 5) is 3.79. The Bertz CT molecular complexity index is 512. The van der Waals surface area contributed by atoms with Gasteiger partial charge >= 0.3 is 0 Å². The normalized spacial score (nSPS) is 12.2. The maximum absolute atomic E-state index is 13.4. The van der Waals surface area contributed by atoms with Gasteiger partial charge in [-0.15, -0.1) is 0 Å². The van der Waals surface area contributed by atoms with Crippen LogP contribution >= 0.6 is 11.6 Å². The number of aliphatic hydroxyl groups excluding tert-OH is 1. The van der Waals surface area contributed by atoms with Crippen LogP contribution in [0.15, 0.2) is 24.5 Å². The molecule has 0 spiro atoms. The van der Waals surface area contributed by atoms with Gasteiger partial charge in [0.1, 0.15) is 11.3 Å². The summed E-state index contributed by atoms with van der Waals surface area (Å²) in [6.07, 6.45) is 2.09. The number of aliphatic hydroxyl groups is 1. The van der Waals surface area contributed by atoms with E-state index in [9.17, 15) is 8.78 Å². The van der Waals surface area contributed by atoms with Gasteiger partial charge in [0.15, 0.2) is 0 Å². The van der Waals surface area contributed by atoms with E-state index in [1.165, 1.54) is 16.8 Å². The largest absolute Gasteiger partial charge is 0.396 e. The summed E-state index contributed by atoms with van der Waals surface area (Å²) in [5.74, 6) is -3.12. The van der Waals surface area contributed by atoms with E-state index in [0.29, 0.717) is 10.7 Å². The van der Waals surface area contributed by atoms with Crippen molar-refractivity contribution in [3.05, 3.63) is 35.2 Å². The summed E-state index contributed by atoms with van der Waals surface area (Å²) in [6, 6.07) is 3.14. The van der Waals surface area contributed by atoms with Crippen molar-refractivity contribution < 1.29 is 13.9 Å². The van der Waals surface area contributed by atoms with Crippen LogP contribution in [0.3, 0.4) is 0 Å². The summed E-state index contributed by atoms with van der Waals surface area (Å²) >= 11 is 5.73. The Morgan fingerprint density at radius 1 is 1.38 bits per heavy atom. The third kappa shape index (κ3) is 2.01. The van der Waals surface area contributed by atoms with Crippen LogP contribution in [0.5, 0.6) is 0 Å². The second-order valence-electron chi connectivity index (χ2n) is 3.42. The molecule has 0 fully saturated rings. The molecule has 1 N–H and O–H groups in total. The fourth-order valence-electron chi connectivity index (χ4n) is 1.41. The van der Waals surface area contributed by atoms with E-state index in [4.69, 9.17) is 16.7 Å². The molecule has 0 radical (unpaired) electrons. The second kappa shape index (κ2) is 3.99. The van der Waals surface area contributed by atoms with Crippen LogP contribution in [0, 0.1) is 0 Å². The molecule has 0 aliphatic heterocycles. The molecule has 86 valence electrons. The summed E-state index contributed by atoms with van der Waals surface area (Å²) in [5, 5.41) is 8.99. The van der Waals surface area contributed by atoms with Crippen LogP contribution < -0.4 is 0 Å². The molecular weight excluding hydrogens is 238 g/mol. The van der Waals surface area contributed by atoms with E-state index < -0.39 is 19.0 Å². The highest BCUT2D eigenvalue weighted by molar-refractivity contribution is 6.30. The van der Waals surface area contributed by atoms with Crippen LogP contribution in [0.25, 0.3) is 5.65 Å². The highest BCUT2D eigenvalue weighted by Gasteiger charge is 2.33. The lowest BCUT2D eigenvalue weighted by Crippen LogP contribution is -2.15. The zero-order chi connectivity index (χ0) is 11.8. The first-order valence-electron chi connectivity index (χ1n) is 4.66. The predicted octanol–water partition coefficient (Wildman–Crippen LogP) is 2.46. The first-order valence-corrected chi connectivity index (χ1v) is 5.04. The number of rotatable bonds is 3. The number of halogens is 3. The van der Waals surface area contributed by atoms with Crippen molar-refractivity contribution in [1.82, 2.24) is 9.38 Å².